The van der Waals surface area contributed by atoms with Crippen molar-refractivity contribution in [1.82, 2.24) is 9.88 Å². The Bertz CT molecular complexity index is 521. The Morgan fingerprint density at radius 3 is 2.95 bits per heavy atom. The van der Waals surface area contributed by atoms with Gasteiger partial charge in [-0.2, -0.15) is 0 Å². The molecule has 102 valence electrons. The summed E-state index contributed by atoms with van der Waals surface area (Å²) < 4.78 is 5.17. The molecule has 1 aliphatic rings. The normalized spacial score (nSPS) is 19.3. The lowest BCUT2D eigenvalue weighted by Gasteiger charge is -2.33. The molecule has 1 unspecified atom stereocenters. The highest BCUT2D eigenvalue weighted by Crippen LogP contribution is 2.20. The number of nitrogens with zero attached hydrogens (tertiary/aromatic N) is 2. The van der Waals surface area contributed by atoms with Crippen LogP contribution in [-0.4, -0.2) is 47.5 Å². The van der Waals surface area contributed by atoms with Crippen molar-refractivity contribution in [3.8, 4) is 0 Å². The highest BCUT2D eigenvalue weighted by atomic mass is 35.5. The number of hydrogen-bond donors (Lipinski definition) is 1. The number of aromatic nitrogens is 1. The number of carbonyl (C=O) groups excluding carboxylic acids is 2. The molecular weight excluding hydrogens is 270 g/mol. The van der Waals surface area contributed by atoms with Gasteiger partial charge in [0.1, 0.15) is 6.04 Å². The summed E-state index contributed by atoms with van der Waals surface area (Å²) in [7, 11) is 0. The molecule has 1 fully saturated rings. The molecule has 6 nitrogen and oxygen atoms in total. The van der Waals surface area contributed by atoms with Gasteiger partial charge >= 0.3 is 0 Å². The summed E-state index contributed by atoms with van der Waals surface area (Å²) in [4.78, 5) is 29.1. The highest BCUT2D eigenvalue weighted by Gasteiger charge is 2.32. The number of ether oxygens (including phenoxy) is 1. The maximum atomic E-state index is 12.4. The molecule has 1 aromatic heterocycles. The summed E-state index contributed by atoms with van der Waals surface area (Å²) in [5.74, 6) is -0.950. The molecule has 7 heteroatoms. The highest BCUT2D eigenvalue weighted by molar-refractivity contribution is 6.33. The minimum Gasteiger partial charge on any atom is -0.377 e. The Morgan fingerprint density at radius 1 is 1.58 bits per heavy atom. The van der Waals surface area contributed by atoms with Crippen molar-refractivity contribution in [3.63, 3.8) is 0 Å². The molecule has 2 rings (SSSR count). The van der Waals surface area contributed by atoms with E-state index in [2.05, 4.69) is 4.98 Å². The standard InChI is InChI=1S/C12H14ClN3O3/c1-7-4-9(13)8(5-15-7)12(18)16-2-3-19-6-10(16)11(14)17/h4-5,10H,2-3,6H2,1H3,(H2,14,17). The number of amides is 2. The number of rotatable bonds is 2. The summed E-state index contributed by atoms with van der Waals surface area (Å²) >= 11 is 6.04. The first kappa shape index (κ1) is 13.8. The average molecular weight is 284 g/mol. The van der Waals surface area contributed by atoms with Crippen molar-refractivity contribution in [2.45, 2.75) is 13.0 Å². The fraction of sp³-hybridized carbons (Fsp3) is 0.417. The zero-order valence-electron chi connectivity index (χ0n) is 10.4. The summed E-state index contributed by atoms with van der Waals surface area (Å²) in [6.45, 7) is 2.56. The fourth-order valence-corrected chi connectivity index (χ4v) is 2.21. The predicted molar refractivity (Wildman–Crippen MR) is 68.8 cm³/mol. The van der Waals surface area contributed by atoms with Gasteiger partial charge in [-0.15, -0.1) is 0 Å². The SMILES string of the molecule is Cc1cc(Cl)c(C(=O)N2CCOCC2C(N)=O)cn1. The van der Waals surface area contributed by atoms with Crippen LogP contribution in [0.5, 0.6) is 0 Å². The van der Waals surface area contributed by atoms with E-state index < -0.39 is 11.9 Å². The first-order chi connectivity index (χ1) is 9.00. The van der Waals surface area contributed by atoms with Crippen molar-refractivity contribution < 1.29 is 14.3 Å². The van der Waals surface area contributed by atoms with Crippen LogP contribution in [0.15, 0.2) is 12.3 Å². The van der Waals surface area contributed by atoms with Crippen molar-refractivity contribution >= 4 is 23.4 Å². The molecule has 0 spiro atoms. The number of carbonyl (C=O) groups is 2. The quantitative estimate of drug-likeness (QED) is 0.850. The molecule has 0 aliphatic carbocycles. The van der Waals surface area contributed by atoms with E-state index in [4.69, 9.17) is 22.1 Å². The summed E-state index contributed by atoms with van der Waals surface area (Å²) in [6.07, 6.45) is 1.41. The van der Waals surface area contributed by atoms with Gasteiger partial charge in [0.05, 0.1) is 23.8 Å². The van der Waals surface area contributed by atoms with Gasteiger partial charge in [0.25, 0.3) is 5.91 Å². The van der Waals surface area contributed by atoms with Crippen molar-refractivity contribution in [2.75, 3.05) is 19.8 Å². The molecule has 1 saturated heterocycles. The van der Waals surface area contributed by atoms with Crippen LogP contribution in [0.25, 0.3) is 0 Å². The van der Waals surface area contributed by atoms with E-state index in [0.717, 1.165) is 5.69 Å². The summed E-state index contributed by atoms with van der Waals surface area (Å²) in [5.41, 5.74) is 6.26. The number of morpholine rings is 1. The van der Waals surface area contributed by atoms with E-state index >= 15 is 0 Å². The van der Waals surface area contributed by atoms with Crippen molar-refractivity contribution in [2.24, 2.45) is 5.73 Å². The van der Waals surface area contributed by atoms with E-state index in [-0.39, 0.29) is 18.1 Å². The molecule has 2 N–H and O–H groups in total. The van der Waals surface area contributed by atoms with E-state index in [0.29, 0.717) is 18.2 Å². The van der Waals surface area contributed by atoms with Gasteiger partial charge in [0.2, 0.25) is 5.91 Å². The number of nitrogens with two attached hydrogens (primary N) is 1. The Kier molecular flexibility index (Phi) is 4.01. The Hall–Kier alpha value is -1.66. The van der Waals surface area contributed by atoms with Gasteiger partial charge in [0, 0.05) is 18.4 Å². The lowest BCUT2D eigenvalue weighted by molar-refractivity contribution is -0.127. The van der Waals surface area contributed by atoms with Gasteiger partial charge in [-0.05, 0) is 13.0 Å². The molecule has 0 radical (unpaired) electrons. The van der Waals surface area contributed by atoms with Crippen molar-refractivity contribution in [3.05, 3.63) is 28.5 Å². The monoisotopic (exact) mass is 283 g/mol. The third-order valence-corrected chi connectivity index (χ3v) is 3.25. The second-order valence-electron chi connectivity index (χ2n) is 4.30. The van der Waals surface area contributed by atoms with Crippen LogP contribution < -0.4 is 5.73 Å². The Labute approximate surface area is 115 Å². The lowest BCUT2D eigenvalue weighted by atomic mass is 10.1. The van der Waals surface area contributed by atoms with E-state index in [1.165, 1.54) is 11.1 Å². The van der Waals surface area contributed by atoms with Crippen molar-refractivity contribution in [1.29, 1.82) is 0 Å². The Balaban J connectivity index is 2.28. The van der Waals surface area contributed by atoms with Crippen LogP contribution in [0.1, 0.15) is 16.1 Å². The number of aryl methyl sites for hydroxylation is 1. The number of primary amides is 1. The third-order valence-electron chi connectivity index (χ3n) is 2.94. The largest absolute Gasteiger partial charge is 0.377 e. The average Bonchev–Trinajstić information content (AvgIpc) is 2.38. The first-order valence-corrected chi connectivity index (χ1v) is 6.18. The topological polar surface area (TPSA) is 85.5 Å². The van der Waals surface area contributed by atoms with Crippen LogP contribution in [0, 0.1) is 6.92 Å². The number of halogens is 1. The third kappa shape index (κ3) is 2.85. The minimum atomic E-state index is -0.765. The van der Waals surface area contributed by atoms with E-state index in [1.807, 2.05) is 0 Å². The second kappa shape index (κ2) is 5.54. The van der Waals surface area contributed by atoms with Gasteiger partial charge < -0.3 is 15.4 Å². The van der Waals surface area contributed by atoms with E-state index in [1.54, 1.807) is 13.0 Å². The number of pyridine rings is 1. The molecule has 2 heterocycles. The minimum absolute atomic E-state index is 0.109. The second-order valence-corrected chi connectivity index (χ2v) is 4.70. The molecule has 1 atom stereocenters. The van der Waals surface area contributed by atoms with Gasteiger partial charge in [-0.3, -0.25) is 14.6 Å². The van der Waals surface area contributed by atoms with Gasteiger partial charge in [0.15, 0.2) is 0 Å². The van der Waals surface area contributed by atoms with Crippen LogP contribution in [0.2, 0.25) is 5.02 Å². The summed E-state index contributed by atoms with van der Waals surface area (Å²) in [5, 5.41) is 0.312. The fourth-order valence-electron chi connectivity index (χ4n) is 1.92. The molecule has 1 aromatic rings. The molecule has 0 aromatic carbocycles. The van der Waals surface area contributed by atoms with Crippen LogP contribution >= 0.6 is 11.6 Å². The Morgan fingerprint density at radius 2 is 2.32 bits per heavy atom. The molecule has 2 amide bonds. The van der Waals surface area contributed by atoms with Crippen LogP contribution in [0.4, 0.5) is 0 Å². The predicted octanol–water partition coefficient (Wildman–Crippen LogP) is 0.370. The maximum absolute atomic E-state index is 12.4. The zero-order chi connectivity index (χ0) is 14.0. The van der Waals surface area contributed by atoms with Gasteiger partial charge in [-0.1, -0.05) is 11.6 Å². The molecular formula is C12H14ClN3O3. The smallest absolute Gasteiger partial charge is 0.257 e. The first-order valence-electron chi connectivity index (χ1n) is 5.81. The lowest BCUT2D eigenvalue weighted by Crippen LogP contribution is -2.54. The van der Waals surface area contributed by atoms with Crippen LogP contribution in [0.3, 0.4) is 0 Å². The molecule has 0 saturated carbocycles. The van der Waals surface area contributed by atoms with Crippen LogP contribution in [-0.2, 0) is 9.53 Å². The number of hydrogen-bond acceptors (Lipinski definition) is 4. The van der Waals surface area contributed by atoms with Gasteiger partial charge in [-0.25, -0.2) is 0 Å². The van der Waals surface area contributed by atoms with E-state index in [9.17, 15) is 9.59 Å². The summed E-state index contributed by atoms with van der Waals surface area (Å²) in [6, 6.07) is 0.840. The zero-order valence-corrected chi connectivity index (χ0v) is 11.2. The molecule has 1 aliphatic heterocycles. The maximum Gasteiger partial charge on any atom is 0.257 e. The molecule has 19 heavy (non-hydrogen) atoms. The molecule has 0 bridgehead atoms.